The average molecular weight is 187 g/mol. The average Bonchev–Trinajstić information content (AvgIpc) is 2.10. The van der Waals surface area contributed by atoms with Crippen molar-refractivity contribution in [1.82, 2.24) is 5.32 Å². The second-order valence-corrected chi connectivity index (χ2v) is 1.77. The normalized spacial score (nSPS) is 8.15. The zero-order valence-corrected chi connectivity index (χ0v) is 8.56. The number of nitrogens with one attached hydrogen (secondary N) is 1. The van der Waals surface area contributed by atoms with Crippen LogP contribution >= 0.6 is 0 Å². The molecule has 0 aromatic heterocycles. The highest BCUT2D eigenvalue weighted by Gasteiger charge is 1.87. The van der Waals surface area contributed by atoms with Crippen LogP contribution in [0.2, 0.25) is 0 Å². The van der Waals surface area contributed by atoms with E-state index < -0.39 is 0 Å². The van der Waals surface area contributed by atoms with Gasteiger partial charge in [0.15, 0.2) is 0 Å². The Morgan fingerprint density at radius 1 is 1.31 bits per heavy atom. The van der Waals surface area contributed by atoms with Crippen molar-refractivity contribution in [3.8, 4) is 0 Å². The van der Waals surface area contributed by atoms with Crippen LogP contribution in [0.15, 0.2) is 37.6 Å². The third kappa shape index (κ3) is 25.0. The number of carbonyl (C=O) groups is 1. The van der Waals surface area contributed by atoms with E-state index in [1.54, 1.807) is 12.2 Å². The van der Waals surface area contributed by atoms with E-state index in [4.69, 9.17) is 0 Å². The van der Waals surface area contributed by atoms with Gasteiger partial charge in [-0.1, -0.05) is 12.7 Å². The van der Waals surface area contributed by atoms with Gasteiger partial charge < -0.3 is 5.32 Å². The van der Waals surface area contributed by atoms with Gasteiger partial charge in [0.1, 0.15) is 0 Å². The van der Waals surface area contributed by atoms with E-state index in [9.17, 15) is 9.18 Å². The summed E-state index contributed by atoms with van der Waals surface area (Å²) >= 11 is 0. The van der Waals surface area contributed by atoms with E-state index in [-0.39, 0.29) is 5.91 Å². The molecule has 0 unspecified atom stereocenters. The molecule has 0 spiro atoms. The number of rotatable bonds is 2. The Balaban J connectivity index is -0.000000218. The monoisotopic (exact) mass is 187 g/mol. The van der Waals surface area contributed by atoms with Gasteiger partial charge in [-0.3, -0.25) is 9.18 Å². The molecule has 0 aromatic carbocycles. The van der Waals surface area contributed by atoms with Crippen molar-refractivity contribution in [3.63, 3.8) is 0 Å². The lowest BCUT2D eigenvalue weighted by Gasteiger charge is -1.97. The minimum atomic E-state index is -0.0504. The third-order valence-electron chi connectivity index (χ3n) is 0.741. The van der Waals surface area contributed by atoms with Gasteiger partial charge in [0.25, 0.3) is 0 Å². The fourth-order valence-corrected chi connectivity index (χ4v) is 0.496. The SMILES string of the molecule is C=C.C=C/C=C(\C)NC(C)=O.CF. The van der Waals surface area contributed by atoms with Gasteiger partial charge in [-0.25, -0.2) is 0 Å². The van der Waals surface area contributed by atoms with Gasteiger partial charge in [0, 0.05) is 12.6 Å². The van der Waals surface area contributed by atoms with E-state index in [2.05, 4.69) is 25.1 Å². The smallest absolute Gasteiger partial charge is 0.220 e. The number of carbonyl (C=O) groups excluding carboxylic acids is 1. The Kier molecular flexibility index (Phi) is 23.0. The Morgan fingerprint density at radius 2 is 1.69 bits per heavy atom. The summed E-state index contributed by atoms with van der Waals surface area (Å²) in [6.45, 7) is 12.8. The third-order valence-corrected chi connectivity index (χ3v) is 0.741. The molecule has 2 nitrogen and oxygen atoms in total. The van der Waals surface area contributed by atoms with Gasteiger partial charge in [0.05, 0.1) is 7.18 Å². The Bertz CT molecular complexity index is 164. The molecule has 0 saturated carbocycles. The Hall–Kier alpha value is -1.38. The molecule has 0 saturated heterocycles. The summed E-state index contributed by atoms with van der Waals surface area (Å²) in [5.41, 5.74) is 0.817. The molecule has 0 bridgehead atoms. The molecule has 1 amide bonds. The summed E-state index contributed by atoms with van der Waals surface area (Å²) < 4.78 is 9.50. The van der Waals surface area contributed by atoms with Crippen LogP contribution in [0, 0.1) is 0 Å². The van der Waals surface area contributed by atoms with Crippen LogP contribution in [0.4, 0.5) is 4.39 Å². The summed E-state index contributed by atoms with van der Waals surface area (Å²) in [4.78, 5) is 10.3. The van der Waals surface area contributed by atoms with Crippen LogP contribution < -0.4 is 5.32 Å². The lowest BCUT2D eigenvalue weighted by Crippen LogP contribution is -2.16. The zero-order chi connectivity index (χ0) is 11.3. The van der Waals surface area contributed by atoms with Gasteiger partial charge >= 0.3 is 0 Å². The first-order chi connectivity index (χ1) is 6.16. The second-order valence-electron chi connectivity index (χ2n) is 1.77. The zero-order valence-electron chi connectivity index (χ0n) is 8.56. The molecule has 0 fully saturated rings. The fraction of sp³-hybridized carbons (Fsp3) is 0.300. The van der Waals surface area contributed by atoms with Crippen molar-refractivity contribution in [2.45, 2.75) is 13.8 Å². The first kappa shape index (κ1) is 17.6. The van der Waals surface area contributed by atoms with Crippen molar-refractivity contribution in [2.24, 2.45) is 0 Å². The number of allylic oxidation sites excluding steroid dienone is 3. The molecule has 0 aromatic rings. The number of hydrogen-bond acceptors (Lipinski definition) is 1. The largest absolute Gasteiger partial charge is 0.330 e. The summed E-state index contributed by atoms with van der Waals surface area (Å²) in [7, 11) is 0.500. The summed E-state index contributed by atoms with van der Waals surface area (Å²) in [5, 5.41) is 2.59. The standard InChI is InChI=1S/C7H11NO.C2H4.CH3F/c1-4-5-6(2)8-7(3)9;2*1-2/h4-5H,1H2,2-3H3,(H,8,9);1-2H2;1H3/b6-5+;;. The number of amides is 1. The maximum atomic E-state index is 10.3. The highest BCUT2D eigenvalue weighted by molar-refractivity contribution is 5.74. The second kappa shape index (κ2) is 16.9. The predicted octanol–water partition coefficient (Wildman–Crippen LogP) is 2.60. The quantitative estimate of drug-likeness (QED) is 0.522. The van der Waals surface area contributed by atoms with Gasteiger partial charge in [-0.05, 0) is 13.0 Å². The molecule has 0 rings (SSSR count). The molecule has 13 heavy (non-hydrogen) atoms. The molecule has 1 N–H and O–H groups in total. The van der Waals surface area contributed by atoms with E-state index >= 15 is 0 Å². The van der Waals surface area contributed by atoms with Gasteiger partial charge in [-0.2, -0.15) is 0 Å². The van der Waals surface area contributed by atoms with Crippen LogP contribution in [0.3, 0.4) is 0 Å². The molecular weight excluding hydrogens is 169 g/mol. The molecule has 0 radical (unpaired) electrons. The Morgan fingerprint density at radius 3 is 1.92 bits per heavy atom. The van der Waals surface area contributed by atoms with Crippen molar-refractivity contribution >= 4 is 5.91 Å². The molecule has 0 aliphatic carbocycles. The summed E-state index contributed by atoms with van der Waals surface area (Å²) in [6.07, 6.45) is 3.37. The highest BCUT2D eigenvalue weighted by Crippen LogP contribution is 1.84. The fourth-order valence-electron chi connectivity index (χ4n) is 0.496. The first-order valence-corrected chi connectivity index (χ1v) is 3.61. The van der Waals surface area contributed by atoms with Gasteiger partial charge in [0.2, 0.25) is 5.91 Å². The van der Waals surface area contributed by atoms with E-state index in [0.717, 1.165) is 5.70 Å². The van der Waals surface area contributed by atoms with Crippen molar-refractivity contribution in [2.75, 3.05) is 7.18 Å². The molecule has 0 heterocycles. The summed E-state index contributed by atoms with van der Waals surface area (Å²) in [5.74, 6) is -0.0504. The van der Waals surface area contributed by atoms with Crippen molar-refractivity contribution in [1.29, 1.82) is 0 Å². The summed E-state index contributed by atoms with van der Waals surface area (Å²) in [6, 6.07) is 0. The minimum absolute atomic E-state index is 0.0504. The molecule has 76 valence electrons. The van der Waals surface area contributed by atoms with Crippen LogP contribution in [0.1, 0.15) is 13.8 Å². The molecule has 0 aliphatic heterocycles. The van der Waals surface area contributed by atoms with E-state index in [0.29, 0.717) is 7.18 Å². The lowest BCUT2D eigenvalue weighted by molar-refractivity contribution is -0.118. The maximum Gasteiger partial charge on any atom is 0.220 e. The Labute approximate surface area is 79.8 Å². The minimum Gasteiger partial charge on any atom is -0.330 e. The van der Waals surface area contributed by atoms with Gasteiger partial charge in [-0.15, -0.1) is 13.2 Å². The van der Waals surface area contributed by atoms with Crippen molar-refractivity contribution < 1.29 is 9.18 Å². The number of alkyl halides is 1. The van der Waals surface area contributed by atoms with Crippen LogP contribution in [-0.4, -0.2) is 13.1 Å². The van der Waals surface area contributed by atoms with E-state index in [1.165, 1.54) is 6.92 Å². The predicted molar refractivity (Wildman–Crippen MR) is 56.1 cm³/mol. The van der Waals surface area contributed by atoms with E-state index in [1.807, 2.05) is 6.92 Å². The molecule has 0 aliphatic rings. The first-order valence-electron chi connectivity index (χ1n) is 3.61. The lowest BCUT2D eigenvalue weighted by atomic mass is 10.4. The number of hydrogen-bond donors (Lipinski definition) is 1. The van der Waals surface area contributed by atoms with Crippen molar-refractivity contribution in [3.05, 3.63) is 37.6 Å². The maximum absolute atomic E-state index is 10.3. The number of halogens is 1. The van der Waals surface area contributed by atoms with Crippen LogP contribution in [-0.2, 0) is 4.79 Å². The molecule has 0 atom stereocenters. The molecular formula is C10H18FNO. The molecule has 3 heteroatoms. The van der Waals surface area contributed by atoms with Crippen LogP contribution in [0.25, 0.3) is 0 Å². The topological polar surface area (TPSA) is 29.1 Å². The highest BCUT2D eigenvalue weighted by atomic mass is 19.1. The van der Waals surface area contributed by atoms with Crippen LogP contribution in [0.5, 0.6) is 0 Å².